The fraction of sp³-hybridized carbons (Fsp3) is 0.235. The Bertz CT molecular complexity index is 519. The Kier molecular flexibility index (Phi) is 4.35. The van der Waals surface area contributed by atoms with Gasteiger partial charge in [-0.1, -0.05) is 62.4 Å². The molecule has 2 aromatic carbocycles. The van der Waals surface area contributed by atoms with E-state index >= 15 is 0 Å². The van der Waals surface area contributed by atoms with Gasteiger partial charge in [0.1, 0.15) is 0 Å². The first-order valence-electron chi connectivity index (χ1n) is 6.59. The van der Waals surface area contributed by atoms with Crippen LogP contribution in [-0.4, -0.2) is 5.91 Å². The number of amides is 1. The van der Waals surface area contributed by atoms with Crippen molar-refractivity contribution in [2.45, 2.75) is 19.9 Å². The standard InChI is InChI=1S/C17H19NO/c1-13(2)16(14-9-5-3-6-10-14)18-17(19)15-11-7-4-8-12-15/h3-13,16H,1-2H3,(H,18,19). The van der Waals surface area contributed by atoms with E-state index in [-0.39, 0.29) is 11.9 Å². The SMILES string of the molecule is CC(C)C(NC(=O)c1ccccc1)c1ccccc1. The van der Waals surface area contributed by atoms with E-state index in [1.165, 1.54) is 0 Å². The number of carbonyl (C=O) groups is 1. The van der Waals surface area contributed by atoms with Crippen LogP contribution in [0.15, 0.2) is 60.7 Å². The van der Waals surface area contributed by atoms with Crippen LogP contribution in [0.5, 0.6) is 0 Å². The minimum absolute atomic E-state index is 0.0249. The summed E-state index contributed by atoms with van der Waals surface area (Å²) in [6, 6.07) is 19.5. The molecule has 1 N–H and O–H groups in total. The van der Waals surface area contributed by atoms with Crippen LogP contribution in [0, 0.1) is 5.92 Å². The van der Waals surface area contributed by atoms with Gasteiger partial charge in [-0.3, -0.25) is 4.79 Å². The van der Waals surface area contributed by atoms with Crippen molar-refractivity contribution in [1.82, 2.24) is 5.32 Å². The molecule has 1 amide bonds. The summed E-state index contributed by atoms with van der Waals surface area (Å²) in [5.41, 5.74) is 1.84. The number of hydrogen-bond donors (Lipinski definition) is 1. The summed E-state index contributed by atoms with van der Waals surface area (Å²) in [4.78, 5) is 12.2. The fourth-order valence-corrected chi connectivity index (χ4v) is 2.11. The molecule has 1 unspecified atom stereocenters. The zero-order chi connectivity index (χ0) is 13.7. The second-order valence-corrected chi connectivity index (χ2v) is 4.97. The van der Waals surface area contributed by atoms with Gasteiger partial charge in [0.2, 0.25) is 0 Å². The van der Waals surface area contributed by atoms with Gasteiger partial charge < -0.3 is 5.32 Å². The van der Waals surface area contributed by atoms with Crippen molar-refractivity contribution in [3.8, 4) is 0 Å². The summed E-state index contributed by atoms with van der Waals surface area (Å²) >= 11 is 0. The number of rotatable bonds is 4. The highest BCUT2D eigenvalue weighted by Crippen LogP contribution is 2.21. The molecule has 0 saturated carbocycles. The first-order valence-corrected chi connectivity index (χ1v) is 6.59. The van der Waals surface area contributed by atoms with E-state index in [4.69, 9.17) is 0 Å². The Balaban J connectivity index is 2.17. The highest BCUT2D eigenvalue weighted by Gasteiger charge is 2.18. The molecular formula is C17H19NO. The molecule has 0 bridgehead atoms. The van der Waals surface area contributed by atoms with Crippen LogP contribution in [0.3, 0.4) is 0 Å². The Labute approximate surface area is 114 Å². The van der Waals surface area contributed by atoms with Crippen LogP contribution < -0.4 is 5.32 Å². The second kappa shape index (κ2) is 6.19. The molecular weight excluding hydrogens is 234 g/mol. The highest BCUT2D eigenvalue weighted by atomic mass is 16.1. The van der Waals surface area contributed by atoms with Gasteiger partial charge in [-0.05, 0) is 23.6 Å². The van der Waals surface area contributed by atoms with Gasteiger partial charge in [0.25, 0.3) is 5.91 Å². The van der Waals surface area contributed by atoms with Gasteiger partial charge in [-0.2, -0.15) is 0 Å². The predicted octanol–water partition coefficient (Wildman–Crippen LogP) is 3.81. The quantitative estimate of drug-likeness (QED) is 0.882. The van der Waals surface area contributed by atoms with E-state index in [1.54, 1.807) is 0 Å². The molecule has 0 heterocycles. The van der Waals surface area contributed by atoms with Crippen LogP contribution in [0.4, 0.5) is 0 Å². The highest BCUT2D eigenvalue weighted by molar-refractivity contribution is 5.94. The monoisotopic (exact) mass is 253 g/mol. The average molecular weight is 253 g/mol. The van der Waals surface area contributed by atoms with Crippen molar-refractivity contribution >= 4 is 5.91 Å². The third-order valence-corrected chi connectivity index (χ3v) is 3.15. The lowest BCUT2D eigenvalue weighted by molar-refractivity contribution is 0.0925. The van der Waals surface area contributed by atoms with E-state index in [2.05, 4.69) is 31.3 Å². The zero-order valence-electron chi connectivity index (χ0n) is 11.3. The van der Waals surface area contributed by atoms with Crippen LogP contribution in [0.2, 0.25) is 0 Å². The van der Waals surface area contributed by atoms with Gasteiger partial charge in [-0.25, -0.2) is 0 Å². The molecule has 0 aliphatic carbocycles. The first-order chi connectivity index (χ1) is 9.18. The van der Waals surface area contributed by atoms with Crippen molar-refractivity contribution in [1.29, 1.82) is 0 Å². The number of nitrogens with one attached hydrogen (secondary N) is 1. The molecule has 0 aromatic heterocycles. The topological polar surface area (TPSA) is 29.1 Å². The van der Waals surface area contributed by atoms with Gasteiger partial charge in [-0.15, -0.1) is 0 Å². The van der Waals surface area contributed by atoms with E-state index in [1.807, 2.05) is 48.5 Å². The van der Waals surface area contributed by atoms with Crippen LogP contribution >= 0.6 is 0 Å². The minimum atomic E-state index is -0.0249. The molecule has 0 fully saturated rings. The lowest BCUT2D eigenvalue weighted by atomic mass is 9.95. The summed E-state index contributed by atoms with van der Waals surface area (Å²) in [7, 11) is 0. The molecule has 2 aromatic rings. The number of carbonyl (C=O) groups excluding carboxylic acids is 1. The Morgan fingerprint density at radius 3 is 1.95 bits per heavy atom. The summed E-state index contributed by atoms with van der Waals surface area (Å²) in [5, 5.41) is 3.11. The maximum atomic E-state index is 12.2. The van der Waals surface area contributed by atoms with Crippen molar-refractivity contribution in [2.24, 2.45) is 5.92 Å². The molecule has 0 aliphatic heterocycles. The normalized spacial score (nSPS) is 12.2. The number of benzene rings is 2. The molecule has 19 heavy (non-hydrogen) atoms. The van der Waals surface area contributed by atoms with Gasteiger partial charge >= 0.3 is 0 Å². The Morgan fingerprint density at radius 1 is 0.895 bits per heavy atom. The zero-order valence-corrected chi connectivity index (χ0v) is 11.3. The molecule has 2 nitrogen and oxygen atoms in total. The maximum absolute atomic E-state index is 12.2. The van der Waals surface area contributed by atoms with Crippen molar-refractivity contribution in [3.05, 3.63) is 71.8 Å². The summed E-state index contributed by atoms with van der Waals surface area (Å²) in [5.74, 6) is 0.318. The third kappa shape index (κ3) is 3.44. The number of hydrogen-bond acceptors (Lipinski definition) is 1. The van der Waals surface area contributed by atoms with E-state index < -0.39 is 0 Å². The largest absolute Gasteiger partial charge is 0.345 e. The van der Waals surface area contributed by atoms with Gasteiger partial charge in [0, 0.05) is 5.56 Å². The van der Waals surface area contributed by atoms with E-state index in [0.29, 0.717) is 11.5 Å². The molecule has 1 atom stereocenters. The van der Waals surface area contributed by atoms with Crippen LogP contribution in [0.25, 0.3) is 0 Å². The first kappa shape index (κ1) is 13.3. The van der Waals surface area contributed by atoms with E-state index in [9.17, 15) is 4.79 Å². The second-order valence-electron chi connectivity index (χ2n) is 4.97. The maximum Gasteiger partial charge on any atom is 0.251 e. The molecule has 2 heteroatoms. The fourth-order valence-electron chi connectivity index (χ4n) is 2.11. The minimum Gasteiger partial charge on any atom is -0.345 e. The third-order valence-electron chi connectivity index (χ3n) is 3.15. The van der Waals surface area contributed by atoms with Crippen molar-refractivity contribution in [2.75, 3.05) is 0 Å². The lowest BCUT2D eigenvalue weighted by Crippen LogP contribution is -2.31. The molecule has 0 spiro atoms. The van der Waals surface area contributed by atoms with Gasteiger partial charge in [0.05, 0.1) is 6.04 Å². The molecule has 98 valence electrons. The predicted molar refractivity (Wildman–Crippen MR) is 77.9 cm³/mol. The average Bonchev–Trinajstić information content (AvgIpc) is 2.46. The molecule has 2 rings (SSSR count). The smallest absolute Gasteiger partial charge is 0.251 e. The van der Waals surface area contributed by atoms with Crippen molar-refractivity contribution in [3.63, 3.8) is 0 Å². The van der Waals surface area contributed by atoms with Crippen molar-refractivity contribution < 1.29 is 4.79 Å². The summed E-state index contributed by atoms with van der Waals surface area (Å²) < 4.78 is 0. The molecule has 0 saturated heterocycles. The lowest BCUT2D eigenvalue weighted by Gasteiger charge is -2.23. The van der Waals surface area contributed by atoms with E-state index in [0.717, 1.165) is 5.56 Å². The van der Waals surface area contributed by atoms with Gasteiger partial charge in [0.15, 0.2) is 0 Å². The summed E-state index contributed by atoms with van der Waals surface area (Å²) in [6.07, 6.45) is 0. The summed E-state index contributed by atoms with van der Waals surface area (Å²) in [6.45, 7) is 4.23. The van der Waals surface area contributed by atoms with Crippen LogP contribution in [-0.2, 0) is 0 Å². The Hall–Kier alpha value is -2.09. The van der Waals surface area contributed by atoms with Crippen LogP contribution in [0.1, 0.15) is 35.8 Å². The Morgan fingerprint density at radius 2 is 1.42 bits per heavy atom. The molecule has 0 aliphatic rings. The molecule has 0 radical (unpaired) electrons.